The molecule has 0 aromatic heterocycles. The molecule has 1 N–H and O–H groups in total. The molecule has 0 radical (unpaired) electrons. The molecule has 1 aliphatic heterocycles. The Hall–Kier alpha value is -1.97. The maximum absolute atomic E-state index is 12.8. The first kappa shape index (κ1) is 39.3. The molecule has 0 amide bonds. The zero-order valence-corrected chi connectivity index (χ0v) is 34.8. The van der Waals surface area contributed by atoms with Crippen molar-refractivity contribution in [3.63, 3.8) is 0 Å². The third-order valence-corrected chi connectivity index (χ3v) is 19.2. The fourth-order valence-electron chi connectivity index (χ4n) is 14.8. The molecule has 0 aromatic rings. The normalized spacial score (nSPS) is 44.3. The highest BCUT2D eigenvalue weighted by molar-refractivity contribution is 7.91. The van der Waals surface area contributed by atoms with E-state index in [4.69, 9.17) is 9.47 Å². The van der Waals surface area contributed by atoms with Crippen LogP contribution >= 0.6 is 0 Å². The van der Waals surface area contributed by atoms with Crippen LogP contribution in [0.1, 0.15) is 106 Å². The van der Waals surface area contributed by atoms with Crippen LogP contribution in [0.15, 0.2) is 35.5 Å². The number of fused-ring (bicyclic) bond motifs is 7. The Bertz CT molecular complexity index is 1670. The van der Waals surface area contributed by atoms with Crippen LogP contribution < -0.4 is 5.32 Å². The van der Waals surface area contributed by atoms with E-state index in [0.29, 0.717) is 49.1 Å². The third kappa shape index (κ3) is 6.06. The molecule has 9 heteroatoms. The second-order valence-electron chi connectivity index (χ2n) is 19.9. The number of allylic oxidation sites excluding steroid dienone is 4. The van der Waals surface area contributed by atoms with Crippen LogP contribution in [0.3, 0.4) is 0 Å². The zero-order chi connectivity index (χ0) is 38.4. The van der Waals surface area contributed by atoms with Gasteiger partial charge in [-0.15, -0.1) is 0 Å². The lowest BCUT2D eigenvalue weighted by Gasteiger charge is -2.72. The Balaban J connectivity index is 1.14. The van der Waals surface area contributed by atoms with Gasteiger partial charge in [0.05, 0.1) is 37.6 Å². The summed E-state index contributed by atoms with van der Waals surface area (Å²) in [6.07, 6.45) is 15.9. The summed E-state index contributed by atoms with van der Waals surface area (Å²) in [5.41, 5.74) is 4.46. The van der Waals surface area contributed by atoms with E-state index in [1.54, 1.807) is 0 Å². The number of rotatable bonds is 8. The average Bonchev–Trinajstić information content (AvgIpc) is 3.71. The predicted octanol–water partition coefficient (Wildman–Crippen LogP) is 7.16. The standard InChI is InChI=1S/C44H68N2O6S/c1-28(2)30-12-17-44(45-20-21-46-22-24-53(49,50)25-23-46)19-18-42(6)34(37(30)44)10-11-36-41(5)15-13-33(40(3,4)35(41)14-16-43(36,42)7)29-26-31(38(47)51-8)32(27-29)39(48)52-9/h13,26,30-32,34-37,45H,1,10-12,14-25,27H2,2-9H3/t30-,31+,32+,34+,35-,36+,37+,41-,42+,43+,44-/m0/s1. The van der Waals surface area contributed by atoms with Gasteiger partial charge in [-0.2, -0.15) is 0 Å². The number of esters is 2. The van der Waals surface area contributed by atoms with E-state index in [0.717, 1.165) is 25.1 Å². The van der Waals surface area contributed by atoms with Crippen molar-refractivity contribution in [2.45, 2.75) is 111 Å². The minimum Gasteiger partial charge on any atom is -0.469 e. The van der Waals surface area contributed by atoms with Crippen molar-refractivity contribution in [1.29, 1.82) is 0 Å². The summed E-state index contributed by atoms with van der Waals surface area (Å²) >= 11 is 0. The minimum atomic E-state index is -2.87. The van der Waals surface area contributed by atoms with Crippen molar-refractivity contribution in [2.75, 3.05) is 51.9 Å². The van der Waals surface area contributed by atoms with Gasteiger partial charge in [0.1, 0.15) is 0 Å². The molecule has 4 saturated carbocycles. The lowest BCUT2D eigenvalue weighted by atomic mass is 9.33. The van der Waals surface area contributed by atoms with E-state index >= 15 is 0 Å². The van der Waals surface area contributed by atoms with Gasteiger partial charge in [0.25, 0.3) is 0 Å². The number of nitrogens with one attached hydrogen (secondary N) is 1. The highest BCUT2D eigenvalue weighted by Crippen LogP contribution is 2.76. The maximum Gasteiger partial charge on any atom is 0.313 e. The fourth-order valence-corrected chi connectivity index (χ4v) is 16.0. The van der Waals surface area contributed by atoms with Gasteiger partial charge in [-0.3, -0.25) is 9.59 Å². The number of hydrogen-bond donors (Lipinski definition) is 1. The molecule has 0 bridgehead atoms. The number of carbonyl (C=O) groups excluding carboxylic acids is 2. The van der Waals surface area contributed by atoms with Gasteiger partial charge in [-0.1, -0.05) is 58.9 Å². The van der Waals surface area contributed by atoms with E-state index in [-0.39, 0.29) is 50.6 Å². The Morgan fingerprint density at radius 3 is 2.25 bits per heavy atom. The van der Waals surface area contributed by atoms with Crippen LogP contribution in [0.2, 0.25) is 0 Å². The van der Waals surface area contributed by atoms with E-state index in [1.165, 1.54) is 76.7 Å². The quantitative estimate of drug-likeness (QED) is 0.206. The van der Waals surface area contributed by atoms with Gasteiger partial charge in [0.2, 0.25) is 0 Å². The van der Waals surface area contributed by atoms with Gasteiger partial charge in [-0.05, 0) is 134 Å². The number of methoxy groups -OCH3 is 2. The first-order chi connectivity index (χ1) is 24.9. The topological polar surface area (TPSA) is 102 Å². The van der Waals surface area contributed by atoms with Crippen LogP contribution in [-0.4, -0.2) is 82.7 Å². The lowest BCUT2D eigenvalue weighted by molar-refractivity contribution is -0.221. The summed E-state index contributed by atoms with van der Waals surface area (Å²) in [5.74, 6) is 1.63. The average molecular weight is 753 g/mol. The fraction of sp³-hybridized carbons (Fsp3) is 0.818. The molecular weight excluding hydrogens is 685 g/mol. The molecule has 8 nitrogen and oxygen atoms in total. The molecule has 53 heavy (non-hydrogen) atoms. The first-order valence-corrected chi connectivity index (χ1v) is 22.6. The zero-order valence-electron chi connectivity index (χ0n) is 34.0. The van der Waals surface area contributed by atoms with Crippen molar-refractivity contribution < 1.29 is 27.5 Å². The summed E-state index contributed by atoms with van der Waals surface area (Å²) in [7, 11) is -0.0740. The van der Waals surface area contributed by atoms with E-state index < -0.39 is 21.7 Å². The second kappa shape index (κ2) is 13.6. The van der Waals surface area contributed by atoms with Crippen molar-refractivity contribution in [1.82, 2.24) is 10.2 Å². The molecule has 6 aliphatic carbocycles. The van der Waals surface area contributed by atoms with Crippen molar-refractivity contribution in [3.05, 3.63) is 35.5 Å². The summed E-state index contributed by atoms with van der Waals surface area (Å²) in [5, 5.41) is 4.20. The molecule has 11 atom stereocenters. The predicted molar refractivity (Wildman–Crippen MR) is 210 cm³/mol. The van der Waals surface area contributed by atoms with Gasteiger partial charge >= 0.3 is 11.9 Å². The number of carbonyl (C=O) groups is 2. The molecule has 1 heterocycles. The minimum absolute atomic E-state index is 0.0930. The Kier molecular flexibility index (Phi) is 10.1. The number of hydrogen-bond acceptors (Lipinski definition) is 8. The number of ether oxygens (including phenoxy) is 2. The Morgan fingerprint density at radius 2 is 1.58 bits per heavy atom. The Labute approximate surface area is 320 Å². The third-order valence-electron chi connectivity index (χ3n) is 17.6. The lowest BCUT2D eigenvalue weighted by Crippen LogP contribution is -2.68. The molecule has 0 aromatic carbocycles. The van der Waals surface area contributed by atoms with E-state index in [1.807, 2.05) is 6.08 Å². The highest BCUT2D eigenvalue weighted by Gasteiger charge is 2.70. The molecule has 0 spiro atoms. The van der Waals surface area contributed by atoms with E-state index in [2.05, 4.69) is 64.4 Å². The Morgan fingerprint density at radius 1 is 0.887 bits per heavy atom. The highest BCUT2D eigenvalue weighted by atomic mass is 32.2. The van der Waals surface area contributed by atoms with Crippen LogP contribution in [-0.2, 0) is 28.9 Å². The summed E-state index contributed by atoms with van der Waals surface area (Å²) in [6.45, 7) is 22.9. The molecule has 0 unspecified atom stereocenters. The van der Waals surface area contributed by atoms with Gasteiger partial charge in [0, 0.05) is 31.7 Å². The molecule has 5 fully saturated rings. The summed E-state index contributed by atoms with van der Waals surface area (Å²) in [6, 6.07) is 0. The molecule has 296 valence electrons. The van der Waals surface area contributed by atoms with Gasteiger partial charge < -0.3 is 19.7 Å². The second-order valence-corrected chi connectivity index (χ2v) is 22.2. The monoisotopic (exact) mass is 752 g/mol. The van der Waals surface area contributed by atoms with Crippen LogP contribution in [0.25, 0.3) is 0 Å². The largest absolute Gasteiger partial charge is 0.469 e. The van der Waals surface area contributed by atoms with Gasteiger partial charge in [-0.25, -0.2) is 8.42 Å². The van der Waals surface area contributed by atoms with Crippen molar-refractivity contribution >= 4 is 21.8 Å². The van der Waals surface area contributed by atoms with Crippen molar-refractivity contribution in [2.24, 2.45) is 63.1 Å². The summed E-state index contributed by atoms with van der Waals surface area (Å²) in [4.78, 5) is 28.0. The SMILES string of the molecule is C=C(C)[C@@H]1CC[C@]2(NCCN3CCS(=O)(=O)CC3)CC[C@]3(C)[C@H](CC[C@@H]4[C@@]5(C)CC=C(C6=C[C@@H](C(=O)OC)[C@H](C(=O)OC)C6)C(C)(C)[C@@H]5CC[C@]43C)[C@@H]12. The number of sulfone groups is 1. The van der Waals surface area contributed by atoms with E-state index in [9.17, 15) is 18.0 Å². The van der Waals surface area contributed by atoms with Gasteiger partial charge in [0.15, 0.2) is 9.84 Å². The van der Waals surface area contributed by atoms with Crippen LogP contribution in [0.4, 0.5) is 0 Å². The maximum atomic E-state index is 12.8. The molecule has 1 saturated heterocycles. The summed E-state index contributed by atoms with van der Waals surface area (Å²) < 4.78 is 34.4. The van der Waals surface area contributed by atoms with Crippen molar-refractivity contribution in [3.8, 4) is 0 Å². The molecule has 7 rings (SSSR count). The van der Waals surface area contributed by atoms with Crippen LogP contribution in [0.5, 0.6) is 0 Å². The first-order valence-electron chi connectivity index (χ1n) is 20.8. The van der Waals surface area contributed by atoms with Crippen LogP contribution in [0, 0.1) is 63.1 Å². The molecule has 7 aliphatic rings. The molecular formula is C44H68N2O6S. The smallest absolute Gasteiger partial charge is 0.313 e. The number of nitrogens with zero attached hydrogens (tertiary/aromatic N) is 1.